The van der Waals surface area contributed by atoms with Crippen molar-refractivity contribution in [1.82, 2.24) is 19.8 Å². The molecule has 9 heteroatoms. The standard InChI is InChI=1S/C23H33ClN4O3S/c1-16(2)12-28-21(14-27(13-18-8-9-18)22(29)26-17(3)4)11-25-23(28)32(30,31)15-19-6-5-7-20(24)10-19/h5-7,10-11,16-18H,8-9,12-15H2,1-4H3,(H,26,29). The lowest BCUT2D eigenvalue weighted by molar-refractivity contribution is 0.188. The summed E-state index contributed by atoms with van der Waals surface area (Å²) in [5.74, 6) is 0.548. The first-order chi connectivity index (χ1) is 15.0. The number of halogens is 1. The van der Waals surface area contributed by atoms with Gasteiger partial charge in [-0.05, 0) is 56.2 Å². The number of carbonyl (C=O) groups excluding carboxylic acids is 1. The van der Waals surface area contributed by atoms with Crippen molar-refractivity contribution in [3.63, 3.8) is 0 Å². The Hall–Kier alpha value is -2.06. The molecule has 0 radical (unpaired) electrons. The lowest BCUT2D eigenvalue weighted by Crippen LogP contribution is -2.43. The molecule has 2 aromatic rings. The number of amides is 2. The average molecular weight is 481 g/mol. The Balaban J connectivity index is 1.90. The minimum atomic E-state index is -3.70. The van der Waals surface area contributed by atoms with Gasteiger partial charge in [0.15, 0.2) is 0 Å². The van der Waals surface area contributed by atoms with Crippen molar-refractivity contribution in [2.45, 2.75) is 70.6 Å². The number of hydrogen-bond acceptors (Lipinski definition) is 4. The second-order valence-electron chi connectivity index (χ2n) is 9.35. The third kappa shape index (κ3) is 6.72. The summed E-state index contributed by atoms with van der Waals surface area (Å²) in [5, 5.41) is 3.49. The number of nitrogens with one attached hydrogen (secondary N) is 1. The Morgan fingerprint density at radius 2 is 2.00 bits per heavy atom. The Morgan fingerprint density at radius 1 is 1.28 bits per heavy atom. The van der Waals surface area contributed by atoms with Gasteiger partial charge in [0.1, 0.15) is 0 Å². The molecule has 0 unspecified atom stereocenters. The molecule has 0 bridgehead atoms. The molecule has 1 aliphatic carbocycles. The predicted molar refractivity (Wildman–Crippen MR) is 126 cm³/mol. The van der Waals surface area contributed by atoms with E-state index in [-0.39, 0.29) is 28.9 Å². The summed E-state index contributed by atoms with van der Waals surface area (Å²) < 4.78 is 28.3. The SMILES string of the molecule is CC(C)Cn1c(CN(CC2CC2)C(=O)NC(C)C)cnc1S(=O)(=O)Cc1cccc(Cl)c1. The number of carbonyl (C=O) groups is 1. The number of imidazole rings is 1. The molecule has 0 spiro atoms. The first-order valence-electron chi connectivity index (χ1n) is 11.1. The fraction of sp³-hybridized carbons (Fsp3) is 0.565. The van der Waals surface area contributed by atoms with Crippen LogP contribution in [-0.2, 0) is 28.7 Å². The van der Waals surface area contributed by atoms with Crippen LogP contribution in [0.5, 0.6) is 0 Å². The van der Waals surface area contributed by atoms with Crippen molar-refractivity contribution in [2.24, 2.45) is 11.8 Å². The fourth-order valence-corrected chi connectivity index (χ4v) is 5.30. The summed E-state index contributed by atoms with van der Waals surface area (Å²) in [4.78, 5) is 18.9. The number of urea groups is 1. The van der Waals surface area contributed by atoms with Crippen molar-refractivity contribution in [3.8, 4) is 0 Å². The van der Waals surface area contributed by atoms with Crippen molar-refractivity contribution < 1.29 is 13.2 Å². The van der Waals surface area contributed by atoms with Crippen LogP contribution in [0.3, 0.4) is 0 Å². The molecule has 1 aromatic carbocycles. The Labute approximate surface area is 196 Å². The van der Waals surface area contributed by atoms with E-state index in [0.29, 0.717) is 36.1 Å². The highest BCUT2D eigenvalue weighted by atomic mass is 35.5. The zero-order valence-electron chi connectivity index (χ0n) is 19.2. The predicted octanol–water partition coefficient (Wildman–Crippen LogP) is 4.50. The molecule has 1 heterocycles. The van der Waals surface area contributed by atoms with Gasteiger partial charge in [-0.3, -0.25) is 0 Å². The van der Waals surface area contributed by atoms with Gasteiger partial charge < -0.3 is 14.8 Å². The fourth-order valence-electron chi connectivity index (χ4n) is 3.60. The molecule has 2 amide bonds. The van der Waals surface area contributed by atoms with Crippen LogP contribution >= 0.6 is 11.6 Å². The molecule has 7 nitrogen and oxygen atoms in total. The molecular weight excluding hydrogens is 448 g/mol. The van der Waals surface area contributed by atoms with E-state index in [1.54, 1.807) is 39.9 Å². The van der Waals surface area contributed by atoms with Crippen LogP contribution in [0, 0.1) is 11.8 Å². The van der Waals surface area contributed by atoms with Gasteiger partial charge >= 0.3 is 6.03 Å². The maximum absolute atomic E-state index is 13.3. The van der Waals surface area contributed by atoms with Crippen molar-refractivity contribution in [1.29, 1.82) is 0 Å². The molecule has 1 fully saturated rings. The lowest BCUT2D eigenvalue weighted by Gasteiger charge is -2.25. The third-order valence-electron chi connectivity index (χ3n) is 5.20. The van der Waals surface area contributed by atoms with Gasteiger partial charge in [0.2, 0.25) is 15.0 Å². The van der Waals surface area contributed by atoms with E-state index in [1.165, 1.54) is 0 Å². The van der Waals surface area contributed by atoms with Gasteiger partial charge in [0.05, 0.1) is 24.2 Å². The molecule has 0 saturated heterocycles. The normalized spacial score (nSPS) is 14.2. The molecule has 0 atom stereocenters. The number of rotatable bonds is 10. The summed E-state index contributed by atoms with van der Waals surface area (Å²) in [7, 11) is -3.70. The van der Waals surface area contributed by atoms with Gasteiger partial charge in [-0.15, -0.1) is 0 Å². The lowest BCUT2D eigenvalue weighted by atomic mass is 10.2. The highest BCUT2D eigenvalue weighted by molar-refractivity contribution is 7.90. The van der Waals surface area contributed by atoms with Gasteiger partial charge in [-0.1, -0.05) is 37.6 Å². The molecule has 1 saturated carbocycles. The Kier molecular flexibility index (Phi) is 7.88. The number of benzene rings is 1. The van der Waals surface area contributed by atoms with E-state index in [0.717, 1.165) is 18.5 Å². The van der Waals surface area contributed by atoms with E-state index >= 15 is 0 Å². The first kappa shape index (κ1) is 24.6. The zero-order chi connectivity index (χ0) is 23.5. The van der Waals surface area contributed by atoms with Gasteiger partial charge in [0, 0.05) is 24.2 Å². The summed E-state index contributed by atoms with van der Waals surface area (Å²) >= 11 is 6.03. The number of aromatic nitrogens is 2. The maximum atomic E-state index is 13.3. The maximum Gasteiger partial charge on any atom is 0.317 e. The van der Waals surface area contributed by atoms with E-state index in [4.69, 9.17) is 11.6 Å². The minimum Gasteiger partial charge on any atom is -0.336 e. The molecule has 32 heavy (non-hydrogen) atoms. The molecule has 1 N–H and O–H groups in total. The van der Waals surface area contributed by atoms with E-state index < -0.39 is 9.84 Å². The van der Waals surface area contributed by atoms with Crippen LogP contribution in [0.1, 0.15) is 51.8 Å². The Bertz CT molecular complexity index is 1050. The largest absolute Gasteiger partial charge is 0.336 e. The minimum absolute atomic E-state index is 0.0263. The van der Waals surface area contributed by atoms with E-state index in [9.17, 15) is 13.2 Å². The smallest absolute Gasteiger partial charge is 0.317 e. The van der Waals surface area contributed by atoms with Gasteiger partial charge in [-0.25, -0.2) is 18.2 Å². The molecule has 1 aliphatic rings. The average Bonchev–Trinajstić information content (AvgIpc) is 3.40. The van der Waals surface area contributed by atoms with Crippen molar-refractivity contribution in [2.75, 3.05) is 6.54 Å². The number of hydrogen-bond donors (Lipinski definition) is 1. The van der Waals surface area contributed by atoms with Crippen LogP contribution in [0.25, 0.3) is 0 Å². The highest BCUT2D eigenvalue weighted by Crippen LogP contribution is 2.30. The highest BCUT2D eigenvalue weighted by Gasteiger charge is 2.30. The van der Waals surface area contributed by atoms with Crippen LogP contribution in [0.2, 0.25) is 5.02 Å². The molecular formula is C23H33ClN4O3S. The molecule has 0 aliphatic heterocycles. The summed E-state index contributed by atoms with van der Waals surface area (Å²) in [6.07, 6.45) is 3.84. The zero-order valence-corrected chi connectivity index (χ0v) is 20.8. The van der Waals surface area contributed by atoms with E-state index in [2.05, 4.69) is 10.3 Å². The summed E-state index contributed by atoms with van der Waals surface area (Å²) in [5.41, 5.74) is 1.34. The van der Waals surface area contributed by atoms with Crippen LogP contribution in [-0.4, -0.2) is 41.5 Å². The van der Waals surface area contributed by atoms with Crippen LogP contribution in [0.4, 0.5) is 4.79 Å². The number of sulfone groups is 1. The molecule has 3 rings (SSSR count). The first-order valence-corrected chi connectivity index (χ1v) is 13.1. The Morgan fingerprint density at radius 3 is 2.59 bits per heavy atom. The third-order valence-corrected chi connectivity index (χ3v) is 7.03. The van der Waals surface area contributed by atoms with Gasteiger partial charge in [-0.2, -0.15) is 0 Å². The monoisotopic (exact) mass is 480 g/mol. The van der Waals surface area contributed by atoms with Crippen molar-refractivity contribution >= 4 is 27.5 Å². The second-order valence-corrected chi connectivity index (χ2v) is 11.7. The quantitative estimate of drug-likeness (QED) is 0.542. The number of nitrogens with zero attached hydrogens (tertiary/aromatic N) is 3. The summed E-state index contributed by atoms with van der Waals surface area (Å²) in [6.45, 7) is 9.41. The summed E-state index contributed by atoms with van der Waals surface area (Å²) in [6, 6.07) is 6.75. The van der Waals surface area contributed by atoms with Crippen LogP contribution < -0.4 is 5.32 Å². The molecule has 176 valence electrons. The topological polar surface area (TPSA) is 84.3 Å². The van der Waals surface area contributed by atoms with Crippen LogP contribution in [0.15, 0.2) is 35.6 Å². The van der Waals surface area contributed by atoms with Gasteiger partial charge in [0.25, 0.3) is 0 Å². The van der Waals surface area contributed by atoms with Crippen molar-refractivity contribution in [3.05, 3.63) is 46.7 Å². The van der Waals surface area contributed by atoms with E-state index in [1.807, 2.05) is 27.7 Å². The second kappa shape index (κ2) is 10.3. The molecule has 1 aromatic heterocycles.